The number of hydrogen-bond acceptors (Lipinski definition) is 18. The standard InChI is InChI=1S/C20H22N8O5.C18H19IN6O4/c1-28(9-11-8-23-17-15(24-11)16(21)26-20(22)27-17)12-4-2-10(3-5-12)18(31)25-13(19(32)33)6-7-14(29)30;1-20-17(28)14-12(26)13(27)18(29-14)25-8-24-11-15(22-7-23-16(11)25)21-6-9-3-2-4-10(19)5-9/h2-5,8,13H,6-7,9H2,1H3,(H,25,31)(H,29,30)(H,32,33)(H4,21,22,23,26,27);2-5,7-8,12-14,18,26-27H,6H2,1H3,(H,20,28)(H,21,22,23)/t13-;12-,13+,14-,18+/m00/s1. The molecule has 4 aromatic heterocycles. The molecule has 324 valence electrons. The van der Waals surface area contributed by atoms with Gasteiger partial charge in [-0.1, -0.05) is 12.1 Å². The van der Waals surface area contributed by atoms with Crippen LogP contribution in [0.15, 0.2) is 67.4 Å². The van der Waals surface area contributed by atoms with Crippen molar-refractivity contribution in [2.75, 3.05) is 35.8 Å². The van der Waals surface area contributed by atoms with E-state index in [2.05, 4.69) is 79.5 Å². The van der Waals surface area contributed by atoms with Gasteiger partial charge in [-0.05, 0) is 71.0 Å². The first-order valence-corrected chi connectivity index (χ1v) is 19.7. The highest BCUT2D eigenvalue weighted by atomic mass is 127. The third kappa shape index (κ3) is 10.5. The van der Waals surface area contributed by atoms with E-state index in [1.165, 1.54) is 36.4 Å². The number of amides is 2. The maximum atomic E-state index is 12.4. The lowest BCUT2D eigenvalue weighted by molar-refractivity contribution is -0.140. The number of aromatic nitrogens is 8. The molecule has 6 aromatic rings. The fourth-order valence-electron chi connectivity index (χ4n) is 6.28. The molecule has 0 unspecified atom stereocenters. The number of rotatable bonds is 14. The second kappa shape index (κ2) is 19.7. The van der Waals surface area contributed by atoms with E-state index in [1.54, 1.807) is 18.3 Å². The molecule has 5 heterocycles. The smallest absolute Gasteiger partial charge is 0.326 e. The maximum absolute atomic E-state index is 12.4. The van der Waals surface area contributed by atoms with Crippen LogP contribution in [0.3, 0.4) is 0 Å². The lowest BCUT2D eigenvalue weighted by Gasteiger charge is -2.19. The summed E-state index contributed by atoms with van der Waals surface area (Å²) in [6.07, 6.45) is -1.07. The largest absolute Gasteiger partial charge is 0.481 e. The number of fused-ring (bicyclic) bond motifs is 2. The van der Waals surface area contributed by atoms with Crippen LogP contribution in [-0.4, -0.2) is 122 Å². The number of aliphatic hydroxyl groups excluding tert-OH is 2. The Kier molecular flexibility index (Phi) is 14.2. The molecule has 0 aliphatic carbocycles. The van der Waals surface area contributed by atoms with Crippen molar-refractivity contribution in [3.05, 3.63) is 87.8 Å². The van der Waals surface area contributed by atoms with Gasteiger partial charge in [0, 0.05) is 41.9 Å². The van der Waals surface area contributed by atoms with Gasteiger partial charge in [0.2, 0.25) is 5.95 Å². The van der Waals surface area contributed by atoms with E-state index in [0.29, 0.717) is 46.9 Å². The first-order valence-electron chi connectivity index (χ1n) is 18.6. The Morgan fingerprint density at radius 2 is 1.73 bits per heavy atom. The second-order valence-electron chi connectivity index (χ2n) is 13.8. The van der Waals surface area contributed by atoms with Crippen LogP contribution in [0.1, 0.15) is 40.7 Å². The number of nitrogens with two attached hydrogens (primary N) is 2. The molecule has 23 nitrogen and oxygen atoms in total. The first-order chi connectivity index (χ1) is 29.6. The molecule has 1 aliphatic heterocycles. The van der Waals surface area contributed by atoms with Crippen molar-refractivity contribution in [1.82, 2.24) is 50.1 Å². The molecule has 0 bridgehead atoms. The highest BCUT2D eigenvalue weighted by Crippen LogP contribution is 2.32. The van der Waals surface area contributed by atoms with Gasteiger partial charge in [0.25, 0.3) is 11.8 Å². The molecular weight excluding hydrogens is 923 g/mol. The number of imidazole rings is 1. The topological polar surface area (TPSA) is 345 Å². The van der Waals surface area contributed by atoms with Gasteiger partial charge in [-0.3, -0.25) is 19.0 Å². The minimum Gasteiger partial charge on any atom is -0.481 e. The Morgan fingerprint density at radius 3 is 2.42 bits per heavy atom. The number of nitrogen functional groups attached to an aromatic ring is 2. The number of carbonyl (C=O) groups is 4. The van der Waals surface area contributed by atoms with Crippen LogP contribution in [-0.2, 0) is 32.2 Å². The van der Waals surface area contributed by atoms with Crippen LogP contribution >= 0.6 is 22.6 Å². The third-order valence-electron chi connectivity index (χ3n) is 9.45. The van der Waals surface area contributed by atoms with Gasteiger partial charge < -0.3 is 57.5 Å². The normalized spacial score (nSPS) is 17.4. The fourth-order valence-corrected chi connectivity index (χ4v) is 6.88. The van der Waals surface area contributed by atoms with Crippen LogP contribution in [0, 0.1) is 3.57 Å². The number of carboxylic acid groups (broad SMARTS) is 2. The van der Waals surface area contributed by atoms with E-state index < -0.39 is 54.3 Å². The number of benzene rings is 2. The van der Waals surface area contributed by atoms with Crippen LogP contribution < -0.4 is 32.3 Å². The molecule has 2 aromatic carbocycles. The van der Waals surface area contributed by atoms with Crippen molar-refractivity contribution in [3.8, 4) is 0 Å². The number of likely N-dealkylation sites (N-methyl/N-ethyl adjacent to an activating group) is 1. The Hall–Kier alpha value is -6.90. The Morgan fingerprint density at radius 1 is 0.968 bits per heavy atom. The number of aliphatic carboxylic acids is 2. The van der Waals surface area contributed by atoms with Crippen LogP contribution in [0.2, 0.25) is 0 Å². The number of hydrogen-bond donors (Lipinski definition) is 9. The predicted molar refractivity (Wildman–Crippen MR) is 230 cm³/mol. The van der Waals surface area contributed by atoms with Gasteiger partial charge >= 0.3 is 11.9 Å². The molecule has 0 radical (unpaired) electrons. The molecule has 1 aliphatic rings. The number of halogens is 1. The zero-order chi connectivity index (χ0) is 44.7. The van der Waals surface area contributed by atoms with Crippen LogP contribution in [0.4, 0.5) is 23.3 Å². The van der Waals surface area contributed by atoms with E-state index >= 15 is 0 Å². The number of ether oxygens (including phenoxy) is 1. The Balaban J connectivity index is 0.000000208. The molecule has 62 heavy (non-hydrogen) atoms. The van der Waals surface area contributed by atoms with E-state index in [0.717, 1.165) is 14.8 Å². The van der Waals surface area contributed by atoms with Crippen molar-refractivity contribution in [2.45, 2.75) is 56.5 Å². The molecule has 7 rings (SSSR count). The predicted octanol–water partition coefficient (Wildman–Crippen LogP) is 0.677. The van der Waals surface area contributed by atoms with E-state index in [1.807, 2.05) is 30.1 Å². The number of nitrogens with zero attached hydrogens (tertiary/aromatic N) is 9. The first kappa shape index (κ1) is 44.6. The van der Waals surface area contributed by atoms with Crippen molar-refractivity contribution < 1.29 is 44.3 Å². The monoisotopic (exact) mass is 964 g/mol. The quantitative estimate of drug-likeness (QED) is 0.0678. The van der Waals surface area contributed by atoms with E-state index in [-0.39, 0.29) is 30.2 Å². The lowest BCUT2D eigenvalue weighted by atomic mass is 10.1. The number of anilines is 4. The molecule has 0 saturated carbocycles. The Labute approximate surface area is 365 Å². The summed E-state index contributed by atoms with van der Waals surface area (Å²) in [7, 11) is 3.25. The molecule has 5 atom stereocenters. The summed E-state index contributed by atoms with van der Waals surface area (Å²) in [4.78, 5) is 77.4. The van der Waals surface area contributed by atoms with Crippen molar-refractivity contribution in [3.63, 3.8) is 0 Å². The van der Waals surface area contributed by atoms with E-state index in [4.69, 9.17) is 21.3 Å². The van der Waals surface area contributed by atoms with E-state index in [9.17, 15) is 34.5 Å². The molecular formula is C38H41IN14O9. The maximum Gasteiger partial charge on any atom is 0.326 e. The average Bonchev–Trinajstić information content (AvgIpc) is 3.81. The summed E-state index contributed by atoms with van der Waals surface area (Å²) in [5, 5.41) is 46.5. The zero-order valence-electron chi connectivity index (χ0n) is 33.0. The SMILES string of the molecule is CN(Cc1cnc2nc(N)nc(N)c2n1)c1ccc(C(=O)N[C@@H](CCC(=O)O)C(=O)O)cc1.CNC(=O)[C@H]1O[C@@H](n2cnc3c(NCc4cccc(I)c4)ncnc32)[C@H](O)[C@@H]1O. The minimum atomic E-state index is -1.36. The summed E-state index contributed by atoms with van der Waals surface area (Å²) in [6.45, 7) is 0.921. The summed E-state index contributed by atoms with van der Waals surface area (Å²) in [6, 6.07) is 13.2. The number of carboxylic acids is 2. The average molecular weight is 965 g/mol. The van der Waals surface area contributed by atoms with Crippen LogP contribution in [0.25, 0.3) is 22.3 Å². The van der Waals surface area contributed by atoms with Crippen LogP contribution in [0.5, 0.6) is 0 Å². The highest BCUT2D eigenvalue weighted by molar-refractivity contribution is 14.1. The molecule has 11 N–H and O–H groups in total. The molecule has 1 saturated heterocycles. The van der Waals surface area contributed by atoms with Crippen molar-refractivity contribution >= 4 is 91.9 Å². The molecule has 2 amide bonds. The number of nitrogens with one attached hydrogen (secondary N) is 3. The van der Waals surface area contributed by atoms with Crippen molar-refractivity contribution in [1.29, 1.82) is 0 Å². The lowest BCUT2D eigenvalue weighted by Crippen LogP contribution is -2.41. The molecule has 1 fully saturated rings. The molecule has 24 heteroatoms. The summed E-state index contributed by atoms with van der Waals surface area (Å²) >= 11 is 2.26. The van der Waals surface area contributed by atoms with Gasteiger partial charge in [0.15, 0.2) is 46.3 Å². The molecule has 0 spiro atoms. The zero-order valence-corrected chi connectivity index (χ0v) is 35.1. The van der Waals surface area contributed by atoms with Gasteiger partial charge in [-0.25, -0.2) is 29.7 Å². The third-order valence-corrected chi connectivity index (χ3v) is 10.1. The van der Waals surface area contributed by atoms with Gasteiger partial charge in [-0.2, -0.15) is 9.97 Å². The minimum absolute atomic E-state index is 0.0138. The van der Waals surface area contributed by atoms with Gasteiger partial charge in [0.1, 0.15) is 24.6 Å². The van der Waals surface area contributed by atoms with Gasteiger partial charge in [0.05, 0.1) is 24.8 Å². The fraction of sp³-hybridized carbons (Fsp3) is 0.289. The Bertz CT molecular complexity index is 2600. The summed E-state index contributed by atoms with van der Waals surface area (Å²) < 4.78 is 8.23. The summed E-state index contributed by atoms with van der Waals surface area (Å²) in [5.74, 6) is -2.89. The summed E-state index contributed by atoms with van der Waals surface area (Å²) in [5.41, 5.74) is 15.7. The highest BCUT2D eigenvalue weighted by Gasteiger charge is 2.47. The second-order valence-corrected chi connectivity index (χ2v) is 15.0. The number of carbonyl (C=O) groups excluding carboxylic acids is 2. The number of aliphatic hydroxyl groups is 2. The van der Waals surface area contributed by atoms with Crippen molar-refractivity contribution in [2.24, 2.45) is 0 Å². The van der Waals surface area contributed by atoms with Gasteiger partial charge in [-0.15, -0.1) is 0 Å².